The van der Waals surface area contributed by atoms with E-state index in [0.717, 1.165) is 55.7 Å². The lowest BCUT2D eigenvalue weighted by atomic mass is 9.94. The molecule has 4 aliphatic rings. The number of nitrogens with zero attached hydrogens (tertiary/aromatic N) is 5. The highest BCUT2D eigenvalue weighted by atomic mass is 35.5. The van der Waals surface area contributed by atoms with Gasteiger partial charge in [0.1, 0.15) is 30.4 Å². The molecular weight excluding hydrogens is 646 g/mol. The van der Waals surface area contributed by atoms with Gasteiger partial charge in [-0.2, -0.15) is 9.97 Å². The predicted octanol–water partition coefficient (Wildman–Crippen LogP) is 7.29. The smallest absolute Gasteiger partial charge is 0.319 e. The standard InChI is InChI=1S/C34H31ClF2N6O3S/c1-4-18-15-45-29-24-27(26(37)22(25(29)35)20-6-7-21(36)30-23(20)28(39-3)31(38)47-30)40-33(41-32(24)43(18)19-8-11-44-14-19)46-16-34-9-5-10-42(34)13-17(2)12-34/h4,6-7,18-19H,1-2,5,8-16,38H2/t18-,19?,34-/m0/s1. The third-order valence-electron chi connectivity index (χ3n) is 9.89. The first-order valence-electron chi connectivity index (χ1n) is 15.5. The predicted molar refractivity (Wildman–Crippen MR) is 180 cm³/mol. The van der Waals surface area contributed by atoms with Crippen molar-refractivity contribution >= 4 is 60.4 Å². The van der Waals surface area contributed by atoms with Gasteiger partial charge in [0.25, 0.3) is 0 Å². The van der Waals surface area contributed by atoms with Crippen LogP contribution in [0.2, 0.25) is 5.02 Å². The average Bonchev–Trinajstić information content (AvgIpc) is 3.82. The second kappa shape index (κ2) is 11.3. The molecule has 2 aromatic carbocycles. The van der Waals surface area contributed by atoms with E-state index in [0.29, 0.717) is 31.0 Å². The Morgan fingerprint density at radius 3 is 2.89 bits per heavy atom. The first-order valence-corrected chi connectivity index (χ1v) is 16.7. The van der Waals surface area contributed by atoms with Crippen molar-refractivity contribution in [3.63, 3.8) is 0 Å². The molecule has 0 amide bonds. The zero-order valence-electron chi connectivity index (χ0n) is 25.5. The van der Waals surface area contributed by atoms with Gasteiger partial charge in [0.15, 0.2) is 11.6 Å². The van der Waals surface area contributed by atoms with Crippen LogP contribution in [0.4, 0.5) is 25.3 Å². The lowest BCUT2D eigenvalue weighted by Crippen LogP contribution is -2.46. The minimum atomic E-state index is -0.769. The highest BCUT2D eigenvalue weighted by Gasteiger charge is 2.47. The Balaban J connectivity index is 1.37. The van der Waals surface area contributed by atoms with E-state index in [1.807, 2.05) is 4.90 Å². The van der Waals surface area contributed by atoms with E-state index in [9.17, 15) is 0 Å². The normalized spacial score (nSPS) is 24.0. The highest BCUT2D eigenvalue weighted by Crippen LogP contribution is 2.53. The quantitative estimate of drug-likeness (QED) is 0.168. The van der Waals surface area contributed by atoms with E-state index >= 15 is 8.78 Å². The van der Waals surface area contributed by atoms with Crippen LogP contribution in [0.3, 0.4) is 0 Å². The molecule has 242 valence electrons. The third-order valence-corrected chi connectivity index (χ3v) is 11.3. The van der Waals surface area contributed by atoms with E-state index in [4.69, 9.17) is 43.1 Å². The second-order valence-corrected chi connectivity index (χ2v) is 14.0. The number of nitrogens with two attached hydrogens (primary N) is 1. The molecule has 0 bridgehead atoms. The SMILES string of the molecule is [C-]#[N+]c1c(N)sc2c(F)ccc(-c3c(Cl)c4c5c(nc(OC[C@@]67CCCN6CC(=C)C7)nc5c3F)N(C3CCOC3)[C@@H](C=C)CO4)c12. The summed E-state index contributed by atoms with van der Waals surface area (Å²) in [6, 6.07) is 2.20. The summed E-state index contributed by atoms with van der Waals surface area (Å²) in [5, 5.41) is 0.569. The fraction of sp³-hybridized carbons (Fsp3) is 0.382. The number of hydrogen-bond acceptors (Lipinski definition) is 9. The maximum atomic E-state index is 17.2. The van der Waals surface area contributed by atoms with E-state index in [1.54, 1.807) is 6.08 Å². The van der Waals surface area contributed by atoms with Gasteiger partial charge in [0.05, 0.1) is 50.9 Å². The molecule has 1 unspecified atom stereocenters. The van der Waals surface area contributed by atoms with Crippen molar-refractivity contribution in [3.8, 4) is 22.9 Å². The molecule has 4 aliphatic heterocycles. The van der Waals surface area contributed by atoms with Crippen LogP contribution in [0.5, 0.6) is 11.8 Å². The van der Waals surface area contributed by atoms with Crippen molar-refractivity contribution in [1.29, 1.82) is 0 Å². The van der Waals surface area contributed by atoms with E-state index < -0.39 is 11.6 Å². The second-order valence-electron chi connectivity index (χ2n) is 12.6. The van der Waals surface area contributed by atoms with Crippen LogP contribution in [0.15, 0.2) is 36.9 Å². The largest absolute Gasteiger partial charge is 0.489 e. The molecule has 0 saturated carbocycles. The number of rotatable bonds is 6. The van der Waals surface area contributed by atoms with Crippen LogP contribution < -0.4 is 20.1 Å². The van der Waals surface area contributed by atoms with Crippen LogP contribution in [-0.4, -0.2) is 72.0 Å². The van der Waals surface area contributed by atoms with E-state index in [2.05, 4.69) is 27.9 Å². The van der Waals surface area contributed by atoms with Crippen molar-refractivity contribution in [2.75, 3.05) is 50.2 Å². The molecule has 8 rings (SSSR count). The lowest BCUT2D eigenvalue weighted by Gasteiger charge is -2.34. The van der Waals surface area contributed by atoms with Crippen molar-refractivity contribution in [1.82, 2.24) is 14.9 Å². The van der Waals surface area contributed by atoms with Gasteiger partial charge in [-0.05, 0) is 43.9 Å². The molecule has 9 nitrogen and oxygen atoms in total. The summed E-state index contributed by atoms with van der Waals surface area (Å²) in [4.78, 5) is 17.6. The van der Waals surface area contributed by atoms with E-state index in [-0.39, 0.29) is 78.4 Å². The Morgan fingerprint density at radius 2 is 2.13 bits per heavy atom. The Labute approximate surface area is 279 Å². The number of ether oxygens (including phenoxy) is 3. The van der Waals surface area contributed by atoms with Gasteiger partial charge < -0.3 is 24.8 Å². The molecule has 2 aromatic heterocycles. The topological polar surface area (TPSA) is 90.3 Å². The maximum absolute atomic E-state index is 17.2. The van der Waals surface area contributed by atoms with Crippen molar-refractivity contribution in [3.05, 3.63) is 65.0 Å². The number of hydrogen-bond donors (Lipinski definition) is 1. The van der Waals surface area contributed by atoms with Crippen molar-refractivity contribution < 1.29 is 23.0 Å². The van der Waals surface area contributed by atoms with E-state index in [1.165, 1.54) is 12.1 Å². The zero-order chi connectivity index (χ0) is 32.6. The molecule has 0 spiro atoms. The Bertz CT molecular complexity index is 2040. The molecule has 0 radical (unpaired) electrons. The Kier molecular flexibility index (Phi) is 7.29. The summed E-state index contributed by atoms with van der Waals surface area (Å²) in [7, 11) is 0. The minimum absolute atomic E-state index is 0.0175. The molecule has 4 aromatic rings. The number of nitrogen functional groups attached to an aromatic ring is 1. The summed E-state index contributed by atoms with van der Waals surface area (Å²) in [5.74, 6) is -0.743. The minimum Gasteiger partial charge on any atom is -0.489 e. The van der Waals surface area contributed by atoms with Crippen LogP contribution in [0, 0.1) is 18.2 Å². The summed E-state index contributed by atoms with van der Waals surface area (Å²) in [6.07, 6.45) is 5.32. The number of fused-ring (bicyclic) bond motifs is 2. The first kappa shape index (κ1) is 30.3. The summed E-state index contributed by atoms with van der Waals surface area (Å²) >= 11 is 8.01. The van der Waals surface area contributed by atoms with Gasteiger partial charge in [-0.15, -0.1) is 17.9 Å². The summed E-state index contributed by atoms with van der Waals surface area (Å²) < 4.78 is 50.9. The van der Waals surface area contributed by atoms with Crippen LogP contribution in [0.1, 0.15) is 25.7 Å². The lowest BCUT2D eigenvalue weighted by molar-refractivity contribution is 0.108. The number of aromatic nitrogens is 2. The molecule has 0 aliphatic carbocycles. The molecule has 3 atom stereocenters. The molecule has 47 heavy (non-hydrogen) atoms. The fourth-order valence-corrected chi connectivity index (χ4v) is 9.04. The van der Waals surface area contributed by atoms with Gasteiger partial charge in [-0.3, -0.25) is 4.90 Å². The van der Waals surface area contributed by atoms with Gasteiger partial charge in [-0.1, -0.05) is 35.9 Å². The number of benzene rings is 2. The molecule has 2 N–H and O–H groups in total. The Hall–Kier alpha value is -4.02. The summed E-state index contributed by atoms with van der Waals surface area (Å²) in [5.41, 5.74) is 7.19. The van der Waals surface area contributed by atoms with Crippen LogP contribution in [0.25, 0.3) is 37.0 Å². The van der Waals surface area contributed by atoms with Gasteiger partial charge >= 0.3 is 6.01 Å². The molecule has 3 saturated heterocycles. The van der Waals surface area contributed by atoms with Crippen LogP contribution in [-0.2, 0) is 4.74 Å². The monoisotopic (exact) mass is 676 g/mol. The maximum Gasteiger partial charge on any atom is 0.319 e. The average molecular weight is 677 g/mol. The zero-order valence-corrected chi connectivity index (χ0v) is 27.0. The van der Waals surface area contributed by atoms with Crippen molar-refractivity contribution in [2.24, 2.45) is 0 Å². The Morgan fingerprint density at radius 1 is 1.28 bits per heavy atom. The molecular formula is C34H31ClF2N6O3S. The highest BCUT2D eigenvalue weighted by molar-refractivity contribution is 7.23. The number of halogens is 3. The number of thiophene rings is 1. The van der Waals surface area contributed by atoms with Gasteiger partial charge in [0, 0.05) is 24.1 Å². The number of anilines is 2. The van der Waals surface area contributed by atoms with Crippen molar-refractivity contribution in [2.45, 2.75) is 43.3 Å². The molecule has 3 fully saturated rings. The fourth-order valence-electron chi connectivity index (χ4n) is 7.77. The summed E-state index contributed by atoms with van der Waals surface area (Å²) in [6.45, 7) is 19.3. The molecule has 6 heterocycles. The van der Waals surface area contributed by atoms with Crippen LogP contribution >= 0.6 is 22.9 Å². The van der Waals surface area contributed by atoms with Gasteiger partial charge in [0.2, 0.25) is 5.69 Å². The third kappa shape index (κ3) is 4.58. The molecule has 13 heteroatoms. The van der Waals surface area contributed by atoms with Gasteiger partial charge in [-0.25, -0.2) is 13.6 Å². The first-order chi connectivity index (χ1) is 22.7.